The van der Waals surface area contributed by atoms with Crippen LogP contribution in [0.25, 0.3) is 11.3 Å². The van der Waals surface area contributed by atoms with Crippen LogP contribution in [0.5, 0.6) is 5.88 Å². The fraction of sp³-hybridized carbons (Fsp3) is 0.455. The standard InChI is InChI=1S/C22H24ClFN2O3/c23-17-12-15(19-5-2-6-20(25-19)29-16-3-1-4-16)13-18(24)22(17)26-9-7-14(8-10-26)11-21(27)28/h2,5-6,12-14,16H,1,3-4,7-11H2,(H,27,28). The average Bonchev–Trinajstić information content (AvgIpc) is 2.65. The Balaban J connectivity index is 1.50. The van der Waals surface area contributed by atoms with Crippen molar-refractivity contribution in [3.05, 3.63) is 41.2 Å². The molecule has 0 atom stereocenters. The van der Waals surface area contributed by atoms with Crippen LogP contribution < -0.4 is 9.64 Å². The largest absolute Gasteiger partial charge is 0.481 e. The molecule has 2 aliphatic rings. The van der Waals surface area contributed by atoms with Gasteiger partial charge in [0.2, 0.25) is 5.88 Å². The third-order valence-corrected chi connectivity index (χ3v) is 6.06. The van der Waals surface area contributed by atoms with Gasteiger partial charge in [-0.25, -0.2) is 9.37 Å². The molecule has 0 bridgehead atoms. The molecular weight excluding hydrogens is 395 g/mol. The summed E-state index contributed by atoms with van der Waals surface area (Å²) in [6, 6.07) is 8.67. The lowest BCUT2D eigenvalue weighted by Crippen LogP contribution is -2.35. The Kier molecular flexibility index (Phi) is 5.90. The molecule has 1 aromatic carbocycles. The molecule has 1 aliphatic heterocycles. The zero-order chi connectivity index (χ0) is 20.4. The van der Waals surface area contributed by atoms with Crippen molar-refractivity contribution in [1.82, 2.24) is 4.98 Å². The third kappa shape index (κ3) is 4.64. The molecule has 4 rings (SSSR count). The second-order valence-corrected chi connectivity index (χ2v) is 8.26. The number of hydrogen-bond acceptors (Lipinski definition) is 4. The number of piperidine rings is 1. The van der Waals surface area contributed by atoms with Gasteiger partial charge in [0.25, 0.3) is 0 Å². The lowest BCUT2D eigenvalue weighted by atomic mass is 9.93. The number of anilines is 1. The Labute approximate surface area is 174 Å². The van der Waals surface area contributed by atoms with Crippen molar-refractivity contribution in [3.8, 4) is 17.1 Å². The first-order chi connectivity index (χ1) is 14.0. The van der Waals surface area contributed by atoms with Gasteiger partial charge in [0.1, 0.15) is 11.9 Å². The van der Waals surface area contributed by atoms with E-state index < -0.39 is 11.8 Å². The van der Waals surface area contributed by atoms with Crippen LogP contribution in [0.15, 0.2) is 30.3 Å². The minimum absolute atomic E-state index is 0.132. The molecule has 7 heteroatoms. The molecule has 1 saturated heterocycles. The first-order valence-electron chi connectivity index (χ1n) is 10.1. The smallest absolute Gasteiger partial charge is 0.303 e. The third-order valence-electron chi connectivity index (χ3n) is 5.77. The van der Waals surface area contributed by atoms with Gasteiger partial charge < -0.3 is 14.7 Å². The summed E-state index contributed by atoms with van der Waals surface area (Å²) in [7, 11) is 0. The molecule has 0 spiro atoms. The number of nitrogens with zero attached hydrogens (tertiary/aromatic N) is 2. The van der Waals surface area contributed by atoms with E-state index in [2.05, 4.69) is 4.98 Å². The number of carboxylic acids is 1. The number of ether oxygens (including phenoxy) is 1. The van der Waals surface area contributed by atoms with Crippen molar-refractivity contribution < 1.29 is 19.0 Å². The van der Waals surface area contributed by atoms with Gasteiger partial charge in [0, 0.05) is 31.1 Å². The number of aromatic nitrogens is 1. The molecule has 2 aromatic rings. The molecule has 0 amide bonds. The molecule has 1 N–H and O–H groups in total. The van der Waals surface area contributed by atoms with Gasteiger partial charge in [-0.15, -0.1) is 0 Å². The molecular formula is C22H24ClFN2O3. The van der Waals surface area contributed by atoms with Gasteiger partial charge in [0.05, 0.1) is 16.4 Å². The Morgan fingerprint density at radius 2 is 2.00 bits per heavy atom. The lowest BCUT2D eigenvalue weighted by molar-refractivity contribution is -0.138. The maximum Gasteiger partial charge on any atom is 0.303 e. The van der Waals surface area contributed by atoms with Gasteiger partial charge in [-0.2, -0.15) is 0 Å². The normalized spacial score (nSPS) is 17.8. The van der Waals surface area contributed by atoms with Crippen LogP contribution in [0, 0.1) is 11.7 Å². The molecule has 0 unspecified atom stereocenters. The molecule has 1 aliphatic carbocycles. The predicted octanol–water partition coefficient (Wildman–Crippen LogP) is 5.16. The van der Waals surface area contributed by atoms with Gasteiger partial charge in [-0.1, -0.05) is 17.7 Å². The van der Waals surface area contributed by atoms with Crippen molar-refractivity contribution in [2.75, 3.05) is 18.0 Å². The van der Waals surface area contributed by atoms with Gasteiger partial charge in [0.15, 0.2) is 0 Å². The SMILES string of the molecule is O=C(O)CC1CCN(c2c(F)cc(-c3cccc(OC4CCC4)n3)cc2Cl)CC1. The molecule has 154 valence electrons. The van der Waals surface area contributed by atoms with Crippen LogP contribution in [0.4, 0.5) is 10.1 Å². The van der Waals surface area contributed by atoms with E-state index >= 15 is 0 Å². The van der Waals surface area contributed by atoms with Crippen molar-refractivity contribution in [1.29, 1.82) is 0 Å². The van der Waals surface area contributed by atoms with E-state index in [0.29, 0.717) is 53.8 Å². The first-order valence-corrected chi connectivity index (χ1v) is 10.5. The van der Waals surface area contributed by atoms with E-state index in [1.165, 1.54) is 12.5 Å². The van der Waals surface area contributed by atoms with Crippen molar-refractivity contribution in [2.24, 2.45) is 5.92 Å². The highest BCUT2D eigenvalue weighted by Gasteiger charge is 2.25. The monoisotopic (exact) mass is 418 g/mol. The summed E-state index contributed by atoms with van der Waals surface area (Å²) in [5.41, 5.74) is 1.61. The summed E-state index contributed by atoms with van der Waals surface area (Å²) in [5.74, 6) is -0.495. The number of hydrogen-bond donors (Lipinski definition) is 1. The van der Waals surface area contributed by atoms with Crippen LogP contribution in [-0.2, 0) is 4.79 Å². The lowest BCUT2D eigenvalue weighted by Gasteiger charge is -2.34. The fourth-order valence-corrected chi connectivity index (χ4v) is 4.25. The highest BCUT2D eigenvalue weighted by atomic mass is 35.5. The van der Waals surface area contributed by atoms with Crippen LogP contribution in [-0.4, -0.2) is 35.3 Å². The quantitative estimate of drug-likeness (QED) is 0.701. The fourth-order valence-electron chi connectivity index (χ4n) is 3.92. The summed E-state index contributed by atoms with van der Waals surface area (Å²) in [4.78, 5) is 17.3. The molecule has 0 radical (unpaired) electrons. The number of halogens is 2. The van der Waals surface area contributed by atoms with Gasteiger partial charge in [-0.05, 0) is 56.2 Å². The highest BCUT2D eigenvalue weighted by molar-refractivity contribution is 6.33. The Morgan fingerprint density at radius 3 is 2.62 bits per heavy atom. The van der Waals surface area contributed by atoms with Crippen molar-refractivity contribution in [2.45, 2.75) is 44.6 Å². The molecule has 29 heavy (non-hydrogen) atoms. The van der Waals surface area contributed by atoms with E-state index in [0.717, 1.165) is 12.8 Å². The Bertz CT molecular complexity index is 872. The molecule has 2 fully saturated rings. The number of pyridine rings is 1. The summed E-state index contributed by atoms with van der Waals surface area (Å²) in [6.07, 6.45) is 5.09. The van der Waals surface area contributed by atoms with Crippen molar-refractivity contribution >= 4 is 23.3 Å². The Hall–Kier alpha value is -2.34. The van der Waals surface area contributed by atoms with Crippen LogP contribution >= 0.6 is 11.6 Å². The number of benzene rings is 1. The zero-order valence-electron chi connectivity index (χ0n) is 16.1. The maximum atomic E-state index is 15.0. The second kappa shape index (κ2) is 8.57. The van der Waals surface area contributed by atoms with Crippen molar-refractivity contribution in [3.63, 3.8) is 0 Å². The Morgan fingerprint density at radius 1 is 1.24 bits per heavy atom. The number of carboxylic acid groups (broad SMARTS) is 1. The zero-order valence-corrected chi connectivity index (χ0v) is 16.9. The van der Waals surface area contributed by atoms with Crippen LogP contribution in [0.3, 0.4) is 0 Å². The van der Waals surface area contributed by atoms with E-state index in [1.807, 2.05) is 23.1 Å². The number of rotatable bonds is 6. The van der Waals surface area contributed by atoms with Gasteiger partial charge >= 0.3 is 5.97 Å². The van der Waals surface area contributed by atoms with E-state index in [1.54, 1.807) is 6.07 Å². The first kappa shape index (κ1) is 20.0. The summed E-state index contributed by atoms with van der Waals surface area (Å²) < 4.78 is 20.8. The average molecular weight is 419 g/mol. The maximum absolute atomic E-state index is 15.0. The van der Waals surface area contributed by atoms with E-state index in [4.69, 9.17) is 21.4 Å². The van der Waals surface area contributed by atoms with E-state index in [9.17, 15) is 9.18 Å². The molecule has 1 saturated carbocycles. The molecule has 2 heterocycles. The minimum Gasteiger partial charge on any atom is -0.481 e. The van der Waals surface area contributed by atoms with Crippen LogP contribution in [0.2, 0.25) is 5.02 Å². The molecule has 1 aromatic heterocycles. The second-order valence-electron chi connectivity index (χ2n) is 7.85. The minimum atomic E-state index is -0.784. The van der Waals surface area contributed by atoms with E-state index in [-0.39, 0.29) is 18.4 Å². The molecule has 5 nitrogen and oxygen atoms in total. The topological polar surface area (TPSA) is 62.7 Å². The summed E-state index contributed by atoms with van der Waals surface area (Å²) >= 11 is 6.46. The van der Waals surface area contributed by atoms with Crippen LogP contribution in [0.1, 0.15) is 38.5 Å². The number of aliphatic carboxylic acids is 1. The number of carbonyl (C=O) groups is 1. The summed E-state index contributed by atoms with van der Waals surface area (Å²) in [5, 5.41) is 9.29. The van der Waals surface area contributed by atoms with Gasteiger partial charge in [-0.3, -0.25) is 4.79 Å². The highest BCUT2D eigenvalue weighted by Crippen LogP contribution is 2.36. The summed E-state index contributed by atoms with van der Waals surface area (Å²) in [6.45, 7) is 1.19. The predicted molar refractivity (Wildman–Crippen MR) is 110 cm³/mol.